The van der Waals surface area contributed by atoms with Gasteiger partial charge in [-0.15, -0.1) is 5.10 Å². The van der Waals surface area contributed by atoms with Crippen LogP contribution in [-0.4, -0.2) is 39.7 Å². The first kappa shape index (κ1) is 27.6. The summed E-state index contributed by atoms with van der Waals surface area (Å²) < 4.78 is 19.4. The zero-order valence-corrected chi connectivity index (χ0v) is 23.3. The number of aromatic nitrogens is 3. The number of unbranched alkanes of at least 4 members (excludes halogenated alkanes) is 1. The maximum Gasteiger partial charge on any atom is 0.338 e. The molecule has 1 atom stereocenters. The van der Waals surface area contributed by atoms with Gasteiger partial charge in [0.15, 0.2) is 11.5 Å². The highest BCUT2D eigenvalue weighted by Gasteiger charge is 2.36. The SMILES string of the molecule is CCCCSc1nc2n(n1)C(c1ccc(OCCC)c(OCC)c1)C(C(=O)OCc1ccccc1)=C(C)N2. The summed E-state index contributed by atoms with van der Waals surface area (Å²) in [4.78, 5) is 18.3. The van der Waals surface area contributed by atoms with E-state index in [2.05, 4.69) is 19.2 Å². The molecule has 2 heterocycles. The number of benzene rings is 2. The number of rotatable bonds is 13. The zero-order valence-electron chi connectivity index (χ0n) is 22.5. The predicted molar refractivity (Wildman–Crippen MR) is 150 cm³/mol. The Bertz CT molecular complexity index is 1260. The summed E-state index contributed by atoms with van der Waals surface area (Å²) >= 11 is 1.61. The molecule has 0 spiro atoms. The largest absolute Gasteiger partial charge is 0.490 e. The fraction of sp³-hybridized carbons (Fsp3) is 0.414. The molecule has 0 radical (unpaired) electrons. The van der Waals surface area contributed by atoms with Gasteiger partial charge in [-0.2, -0.15) is 4.98 Å². The Labute approximate surface area is 228 Å². The molecule has 2 aromatic carbocycles. The minimum atomic E-state index is -0.540. The van der Waals surface area contributed by atoms with Crippen LogP contribution in [-0.2, 0) is 16.1 Å². The summed E-state index contributed by atoms with van der Waals surface area (Å²) in [6.45, 7) is 9.30. The average Bonchev–Trinajstić information content (AvgIpc) is 3.33. The molecule has 4 rings (SSSR count). The second-order valence-electron chi connectivity index (χ2n) is 8.98. The fourth-order valence-electron chi connectivity index (χ4n) is 4.17. The van der Waals surface area contributed by atoms with Crippen molar-refractivity contribution in [2.75, 3.05) is 24.3 Å². The van der Waals surface area contributed by atoms with Crippen LogP contribution in [0.2, 0.25) is 0 Å². The summed E-state index contributed by atoms with van der Waals surface area (Å²) in [6, 6.07) is 14.9. The first-order valence-electron chi connectivity index (χ1n) is 13.2. The molecule has 202 valence electrons. The molecule has 1 aromatic heterocycles. The van der Waals surface area contributed by atoms with E-state index >= 15 is 0 Å². The molecule has 0 saturated carbocycles. The van der Waals surface area contributed by atoms with Gasteiger partial charge in [-0.1, -0.05) is 68.4 Å². The van der Waals surface area contributed by atoms with E-state index < -0.39 is 12.0 Å². The molecule has 1 unspecified atom stereocenters. The number of ether oxygens (including phenoxy) is 3. The smallest absolute Gasteiger partial charge is 0.338 e. The molecule has 3 aromatic rings. The van der Waals surface area contributed by atoms with E-state index in [1.165, 1.54) is 0 Å². The standard InChI is InChI=1S/C29H36N4O4S/c1-5-8-17-38-29-31-28-30-20(4)25(27(34)37-19-21-12-10-9-11-13-21)26(33(28)32-29)22-14-15-23(36-16-6-2)24(18-22)35-7-3/h9-15,18,26H,5-8,16-17,19H2,1-4H3,(H,30,31,32). The Morgan fingerprint density at radius 1 is 1.05 bits per heavy atom. The Balaban J connectivity index is 1.72. The maximum atomic E-state index is 13.6. The third-order valence-corrected chi connectivity index (χ3v) is 6.96. The molecule has 8 nitrogen and oxygen atoms in total. The molecular weight excluding hydrogens is 500 g/mol. The van der Waals surface area contributed by atoms with Crippen molar-refractivity contribution in [1.82, 2.24) is 14.8 Å². The second kappa shape index (κ2) is 13.4. The van der Waals surface area contributed by atoms with Gasteiger partial charge in [0.05, 0.1) is 18.8 Å². The average molecular weight is 537 g/mol. The van der Waals surface area contributed by atoms with E-state index in [-0.39, 0.29) is 6.61 Å². The van der Waals surface area contributed by atoms with Crippen LogP contribution < -0.4 is 14.8 Å². The first-order chi connectivity index (χ1) is 18.5. The highest BCUT2D eigenvalue weighted by Crippen LogP contribution is 2.40. The number of esters is 1. The number of allylic oxidation sites excluding steroid dienone is 1. The van der Waals surface area contributed by atoms with E-state index in [4.69, 9.17) is 24.3 Å². The Kier molecular flexibility index (Phi) is 9.70. The quantitative estimate of drug-likeness (QED) is 0.153. The fourth-order valence-corrected chi connectivity index (χ4v) is 5.08. The number of nitrogens with one attached hydrogen (secondary N) is 1. The highest BCUT2D eigenvalue weighted by molar-refractivity contribution is 7.99. The van der Waals surface area contributed by atoms with Crippen molar-refractivity contribution in [3.63, 3.8) is 0 Å². The molecule has 1 aliphatic rings. The topological polar surface area (TPSA) is 87.5 Å². The lowest BCUT2D eigenvalue weighted by molar-refractivity contribution is -0.140. The van der Waals surface area contributed by atoms with Gasteiger partial charge in [0, 0.05) is 11.4 Å². The number of hydrogen-bond donors (Lipinski definition) is 1. The Morgan fingerprint density at radius 2 is 1.87 bits per heavy atom. The second-order valence-corrected chi connectivity index (χ2v) is 10.0. The molecule has 38 heavy (non-hydrogen) atoms. The van der Waals surface area contributed by atoms with Crippen LogP contribution in [0, 0.1) is 0 Å². The van der Waals surface area contributed by atoms with E-state index in [0.717, 1.165) is 36.1 Å². The van der Waals surface area contributed by atoms with E-state index in [9.17, 15) is 4.79 Å². The van der Waals surface area contributed by atoms with E-state index in [1.807, 2.05) is 62.4 Å². The molecular formula is C29H36N4O4S. The molecule has 0 amide bonds. The number of carbonyl (C=O) groups is 1. The van der Waals surface area contributed by atoms with Crippen LogP contribution in [0.5, 0.6) is 11.5 Å². The van der Waals surface area contributed by atoms with Crippen LogP contribution in [0.25, 0.3) is 0 Å². The van der Waals surface area contributed by atoms with Crippen molar-refractivity contribution in [3.05, 3.63) is 70.9 Å². The van der Waals surface area contributed by atoms with E-state index in [0.29, 0.717) is 47.1 Å². The number of fused-ring (bicyclic) bond motifs is 1. The van der Waals surface area contributed by atoms with Crippen molar-refractivity contribution >= 4 is 23.7 Å². The number of anilines is 1. The lowest BCUT2D eigenvalue weighted by Crippen LogP contribution is -2.29. The Morgan fingerprint density at radius 3 is 2.61 bits per heavy atom. The van der Waals surface area contributed by atoms with Crippen molar-refractivity contribution in [2.45, 2.75) is 64.8 Å². The minimum Gasteiger partial charge on any atom is -0.490 e. The van der Waals surface area contributed by atoms with Crippen molar-refractivity contribution in [1.29, 1.82) is 0 Å². The lowest BCUT2D eigenvalue weighted by Gasteiger charge is -2.28. The monoisotopic (exact) mass is 536 g/mol. The number of carbonyl (C=O) groups excluding carboxylic acids is 1. The lowest BCUT2D eigenvalue weighted by atomic mass is 9.95. The van der Waals surface area contributed by atoms with Gasteiger partial charge in [0.25, 0.3) is 0 Å². The summed E-state index contributed by atoms with van der Waals surface area (Å²) in [5.41, 5.74) is 2.92. The molecule has 0 fully saturated rings. The first-order valence-corrected chi connectivity index (χ1v) is 14.2. The van der Waals surface area contributed by atoms with Gasteiger partial charge in [-0.05, 0) is 49.9 Å². The van der Waals surface area contributed by atoms with Gasteiger partial charge < -0.3 is 19.5 Å². The number of thioether (sulfide) groups is 1. The summed E-state index contributed by atoms with van der Waals surface area (Å²) in [7, 11) is 0. The van der Waals surface area contributed by atoms with Crippen molar-refractivity contribution in [2.24, 2.45) is 0 Å². The predicted octanol–water partition coefficient (Wildman–Crippen LogP) is 6.39. The zero-order chi connectivity index (χ0) is 26.9. The normalized spacial score (nSPS) is 14.6. The maximum absolute atomic E-state index is 13.6. The number of hydrogen-bond acceptors (Lipinski definition) is 8. The van der Waals surface area contributed by atoms with Gasteiger partial charge >= 0.3 is 5.97 Å². The molecule has 0 saturated heterocycles. The summed E-state index contributed by atoms with van der Waals surface area (Å²) in [6.07, 6.45) is 3.07. The third-order valence-electron chi connectivity index (χ3n) is 6.04. The van der Waals surface area contributed by atoms with E-state index in [1.54, 1.807) is 16.4 Å². The molecule has 0 aliphatic carbocycles. The summed E-state index contributed by atoms with van der Waals surface area (Å²) in [5, 5.41) is 8.75. The highest BCUT2D eigenvalue weighted by atomic mass is 32.2. The molecule has 0 bridgehead atoms. The van der Waals surface area contributed by atoms with Crippen LogP contribution >= 0.6 is 11.8 Å². The third kappa shape index (κ3) is 6.51. The van der Waals surface area contributed by atoms with Crippen molar-refractivity contribution < 1.29 is 19.0 Å². The van der Waals surface area contributed by atoms with Crippen LogP contribution in [0.15, 0.2) is 65.0 Å². The minimum absolute atomic E-state index is 0.180. The van der Waals surface area contributed by atoms with Gasteiger partial charge in [-0.25, -0.2) is 9.48 Å². The van der Waals surface area contributed by atoms with Crippen molar-refractivity contribution in [3.8, 4) is 11.5 Å². The number of nitrogens with zero attached hydrogens (tertiary/aromatic N) is 3. The van der Waals surface area contributed by atoms with Gasteiger partial charge in [0.2, 0.25) is 11.1 Å². The molecule has 9 heteroatoms. The molecule has 1 aliphatic heterocycles. The van der Waals surface area contributed by atoms with Crippen LogP contribution in [0.1, 0.15) is 64.1 Å². The van der Waals surface area contributed by atoms with Gasteiger partial charge in [-0.3, -0.25) is 0 Å². The van der Waals surface area contributed by atoms with Crippen LogP contribution in [0.4, 0.5) is 5.95 Å². The van der Waals surface area contributed by atoms with Crippen LogP contribution in [0.3, 0.4) is 0 Å². The Hall–Kier alpha value is -3.46. The molecule has 1 N–H and O–H groups in total. The van der Waals surface area contributed by atoms with Gasteiger partial charge in [0.1, 0.15) is 12.6 Å². The summed E-state index contributed by atoms with van der Waals surface area (Å²) in [5.74, 6) is 2.42.